The molecule has 0 spiro atoms. The summed E-state index contributed by atoms with van der Waals surface area (Å²) in [4.78, 5) is 13.9. The monoisotopic (exact) mass is 250 g/mol. The SMILES string of the molecule is COc1ccc(C(=O)N2CCC(C)(O)C2)c(N)c1. The third-order valence-corrected chi connectivity index (χ3v) is 3.23. The zero-order chi connectivity index (χ0) is 13.3. The zero-order valence-corrected chi connectivity index (χ0v) is 10.6. The van der Waals surface area contributed by atoms with Gasteiger partial charge < -0.3 is 20.5 Å². The first-order valence-electron chi connectivity index (χ1n) is 5.88. The number of nitrogens with zero attached hydrogens (tertiary/aromatic N) is 1. The van der Waals surface area contributed by atoms with Gasteiger partial charge in [-0.25, -0.2) is 0 Å². The molecule has 1 unspecified atom stereocenters. The van der Waals surface area contributed by atoms with E-state index in [1.807, 2.05) is 0 Å². The molecule has 18 heavy (non-hydrogen) atoms. The van der Waals surface area contributed by atoms with E-state index in [4.69, 9.17) is 10.5 Å². The predicted molar refractivity (Wildman–Crippen MR) is 68.6 cm³/mol. The average molecular weight is 250 g/mol. The van der Waals surface area contributed by atoms with Crippen molar-refractivity contribution in [1.29, 1.82) is 0 Å². The fourth-order valence-electron chi connectivity index (χ4n) is 2.15. The number of carbonyl (C=O) groups is 1. The summed E-state index contributed by atoms with van der Waals surface area (Å²) in [7, 11) is 1.55. The van der Waals surface area contributed by atoms with Crippen LogP contribution < -0.4 is 10.5 Å². The van der Waals surface area contributed by atoms with Gasteiger partial charge in [-0.3, -0.25) is 4.79 Å². The lowest BCUT2D eigenvalue weighted by Crippen LogP contribution is -2.34. The van der Waals surface area contributed by atoms with Gasteiger partial charge >= 0.3 is 0 Å². The Balaban J connectivity index is 2.19. The Morgan fingerprint density at radius 1 is 1.56 bits per heavy atom. The Kier molecular flexibility index (Phi) is 3.17. The first-order chi connectivity index (χ1) is 8.43. The molecule has 0 aliphatic carbocycles. The lowest BCUT2D eigenvalue weighted by atomic mass is 10.1. The van der Waals surface area contributed by atoms with Gasteiger partial charge in [-0.2, -0.15) is 0 Å². The highest BCUT2D eigenvalue weighted by molar-refractivity contribution is 5.99. The molecular formula is C13H18N2O3. The number of nitrogen functional groups attached to an aromatic ring is 1. The third-order valence-electron chi connectivity index (χ3n) is 3.23. The molecule has 0 radical (unpaired) electrons. The highest BCUT2D eigenvalue weighted by Crippen LogP contribution is 2.25. The van der Waals surface area contributed by atoms with Gasteiger partial charge in [0.15, 0.2) is 0 Å². The van der Waals surface area contributed by atoms with Crippen molar-refractivity contribution >= 4 is 11.6 Å². The maximum Gasteiger partial charge on any atom is 0.256 e. The molecule has 1 amide bonds. The van der Waals surface area contributed by atoms with Crippen LogP contribution in [0.2, 0.25) is 0 Å². The molecule has 5 heteroatoms. The number of methoxy groups -OCH3 is 1. The highest BCUT2D eigenvalue weighted by atomic mass is 16.5. The molecule has 1 aliphatic heterocycles. The fourth-order valence-corrected chi connectivity index (χ4v) is 2.15. The highest BCUT2D eigenvalue weighted by Gasteiger charge is 2.34. The van der Waals surface area contributed by atoms with Crippen LogP contribution in [0.3, 0.4) is 0 Å². The minimum Gasteiger partial charge on any atom is -0.497 e. The van der Waals surface area contributed by atoms with Gasteiger partial charge in [0.2, 0.25) is 0 Å². The van der Waals surface area contributed by atoms with Crippen molar-refractivity contribution in [2.75, 3.05) is 25.9 Å². The molecule has 1 aliphatic rings. The van der Waals surface area contributed by atoms with Gasteiger partial charge in [-0.15, -0.1) is 0 Å². The first-order valence-corrected chi connectivity index (χ1v) is 5.88. The number of likely N-dealkylation sites (tertiary alicyclic amines) is 1. The van der Waals surface area contributed by atoms with Crippen LogP contribution in [0.25, 0.3) is 0 Å². The molecular weight excluding hydrogens is 232 g/mol. The van der Waals surface area contributed by atoms with E-state index in [9.17, 15) is 9.90 Å². The van der Waals surface area contributed by atoms with Crippen LogP contribution in [-0.4, -0.2) is 41.7 Å². The quantitative estimate of drug-likeness (QED) is 0.764. The van der Waals surface area contributed by atoms with Crippen molar-refractivity contribution in [3.05, 3.63) is 23.8 Å². The molecule has 1 fully saturated rings. The summed E-state index contributed by atoms with van der Waals surface area (Å²) in [6.07, 6.45) is 0.592. The summed E-state index contributed by atoms with van der Waals surface area (Å²) in [6, 6.07) is 4.99. The molecule has 5 nitrogen and oxygen atoms in total. The predicted octanol–water partition coefficient (Wildman–Crippen LogP) is 0.874. The number of nitrogens with two attached hydrogens (primary N) is 1. The Morgan fingerprint density at radius 3 is 2.78 bits per heavy atom. The molecule has 0 aromatic heterocycles. The van der Waals surface area contributed by atoms with Crippen LogP contribution in [-0.2, 0) is 0 Å². The Hall–Kier alpha value is -1.75. The number of carbonyl (C=O) groups excluding carboxylic acids is 1. The molecule has 3 N–H and O–H groups in total. The van der Waals surface area contributed by atoms with Crippen LogP contribution in [0, 0.1) is 0 Å². The molecule has 2 rings (SSSR count). The van der Waals surface area contributed by atoms with E-state index in [1.54, 1.807) is 37.1 Å². The van der Waals surface area contributed by atoms with Gasteiger partial charge in [-0.1, -0.05) is 0 Å². The number of β-amino-alcohol motifs (C(OH)–C–C–N with tert-alkyl or cyclic N) is 1. The summed E-state index contributed by atoms with van der Waals surface area (Å²) in [5, 5.41) is 9.87. The molecule has 1 atom stereocenters. The molecule has 1 aromatic carbocycles. The summed E-state index contributed by atoms with van der Waals surface area (Å²) in [5.41, 5.74) is 5.89. The molecule has 1 heterocycles. The Bertz CT molecular complexity index is 471. The Labute approximate surface area is 106 Å². The lowest BCUT2D eigenvalue weighted by Gasteiger charge is -2.20. The summed E-state index contributed by atoms with van der Waals surface area (Å²) >= 11 is 0. The fraction of sp³-hybridized carbons (Fsp3) is 0.462. The topological polar surface area (TPSA) is 75.8 Å². The van der Waals surface area contributed by atoms with Gasteiger partial charge in [0, 0.05) is 24.8 Å². The maximum absolute atomic E-state index is 12.2. The van der Waals surface area contributed by atoms with Crippen molar-refractivity contribution in [2.24, 2.45) is 0 Å². The van der Waals surface area contributed by atoms with E-state index in [2.05, 4.69) is 0 Å². The normalized spacial score (nSPS) is 23.2. The summed E-state index contributed by atoms with van der Waals surface area (Å²) in [5.74, 6) is 0.477. The third kappa shape index (κ3) is 2.41. The van der Waals surface area contributed by atoms with Crippen LogP contribution >= 0.6 is 0 Å². The molecule has 1 saturated heterocycles. The summed E-state index contributed by atoms with van der Waals surface area (Å²) in [6.45, 7) is 2.63. The maximum atomic E-state index is 12.2. The molecule has 98 valence electrons. The van der Waals surface area contributed by atoms with Crippen LogP contribution in [0.5, 0.6) is 5.75 Å². The minimum absolute atomic E-state index is 0.145. The number of amides is 1. The lowest BCUT2D eigenvalue weighted by molar-refractivity contribution is 0.0572. The summed E-state index contributed by atoms with van der Waals surface area (Å²) < 4.78 is 5.04. The van der Waals surface area contributed by atoms with Crippen molar-refractivity contribution in [1.82, 2.24) is 4.90 Å². The standard InChI is InChI=1S/C13H18N2O3/c1-13(17)5-6-15(8-13)12(16)10-4-3-9(18-2)7-11(10)14/h3-4,7,17H,5-6,8,14H2,1-2H3. The number of anilines is 1. The minimum atomic E-state index is -0.795. The van der Waals surface area contributed by atoms with E-state index < -0.39 is 5.60 Å². The number of rotatable bonds is 2. The second-order valence-corrected chi connectivity index (χ2v) is 4.93. The van der Waals surface area contributed by atoms with Crippen LogP contribution in [0.15, 0.2) is 18.2 Å². The smallest absolute Gasteiger partial charge is 0.256 e. The van der Waals surface area contributed by atoms with E-state index >= 15 is 0 Å². The van der Waals surface area contributed by atoms with Crippen molar-refractivity contribution in [3.8, 4) is 5.75 Å². The molecule has 1 aromatic rings. The van der Waals surface area contributed by atoms with Crippen molar-refractivity contribution < 1.29 is 14.6 Å². The number of ether oxygens (including phenoxy) is 1. The largest absolute Gasteiger partial charge is 0.497 e. The van der Waals surface area contributed by atoms with Gasteiger partial charge in [0.1, 0.15) is 5.75 Å². The van der Waals surface area contributed by atoms with Crippen LogP contribution in [0.4, 0.5) is 5.69 Å². The number of aliphatic hydroxyl groups is 1. The second kappa shape index (κ2) is 4.49. The first kappa shape index (κ1) is 12.7. The van der Waals surface area contributed by atoms with Crippen molar-refractivity contribution in [3.63, 3.8) is 0 Å². The number of hydrogen-bond donors (Lipinski definition) is 2. The van der Waals surface area contributed by atoms with E-state index in [1.165, 1.54) is 0 Å². The van der Waals surface area contributed by atoms with E-state index in [0.717, 1.165) is 0 Å². The molecule has 0 bridgehead atoms. The average Bonchev–Trinajstić information content (AvgIpc) is 2.68. The number of hydrogen-bond acceptors (Lipinski definition) is 4. The second-order valence-electron chi connectivity index (χ2n) is 4.93. The van der Waals surface area contributed by atoms with Gasteiger partial charge in [0.25, 0.3) is 5.91 Å². The van der Waals surface area contributed by atoms with E-state index in [-0.39, 0.29) is 5.91 Å². The number of benzene rings is 1. The van der Waals surface area contributed by atoms with Gasteiger partial charge in [0.05, 0.1) is 18.3 Å². The van der Waals surface area contributed by atoms with E-state index in [0.29, 0.717) is 36.5 Å². The van der Waals surface area contributed by atoms with Gasteiger partial charge in [-0.05, 0) is 25.5 Å². The Morgan fingerprint density at radius 2 is 2.28 bits per heavy atom. The van der Waals surface area contributed by atoms with Crippen molar-refractivity contribution in [2.45, 2.75) is 18.9 Å². The van der Waals surface area contributed by atoms with Crippen LogP contribution in [0.1, 0.15) is 23.7 Å². The zero-order valence-electron chi connectivity index (χ0n) is 10.6. The molecule has 0 saturated carbocycles.